The maximum absolute atomic E-state index is 11.9. The summed E-state index contributed by atoms with van der Waals surface area (Å²) < 4.78 is 1.63. The van der Waals surface area contributed by atoms with E-state index in [1.165, 1.54) is 0 Å². The molecule has 90 valence electrons. The van der Waals surface area contributed by atoms with Crippen molar-refractivity contribution in [2.45, 2.75) is 26.3 Å². The zero-order valence-corrected chi connectivity index (χ0v) is 9.96. The van der Waals surface area contributed by atoms with Crippen molar-refractivity contribution in [3.8, 4) is 6.07 Å². The quantitative estimate of drug-likeness (QED) is 0.765. The summed E-state index contributed by atoms with van der Waals surface area (Å²) >= 11 is 0. The highest BCUT2D eigenvalue weighted by Gasteiger charge is 2.31. The minimum absolute atomic E-state index is 0.0775. The molecule has 1 fully saturated rings. The van der Waals surface area contributed by atoms with Gasteiger partial charge in [0.25, 0.3) is 0 Å². The van der Waals surface area contributed by atoms with Crippen LogP contribution in [-0.2, 0) is 11.3 Å². The van der Waals surface area contributed by atoms with Gasteiger partial charge in [-0.05, 0) is 25.8 Å². The van der Waals surface area contributed by atoms with Crippen LogP contribution in [0, 0.1) is 16.7 Å². The van der Waals surface area contributed by atoms with E-state index >= 15 is 0 Å². The Kier molecular flexibility index (Phi) is 3.14. The Balaban J connectivity index is 1.89. The minimum atomic E-state index is -0.261. The van der Waals surface area contributed by atoms with E-state index in [0.29, 0.717) is 13.1 Å². The lowest BCUT2D eigenvalue weighted by Gasteiger charge is -2.34. The van der Waals surface area contributed by atoms with E-state index in [4.69, 9.17) is 5.26 Å². The van der Waals surface area contributed by atoms with Gasteiger partial charge in [0.15, 0.2) is 0 Å². The first-order chi connectivity index (χ1) is 8.13. The molecule has 17 heavy (non-hydrogen) atoms. The molecule has 0 unspecified atom stereocenters. The van der Waals surface area contributed by atoms with E-state index < -0.39 is 0 Å². The van der Waals surface area contributed by atoms with Gasteiger partial charge in [0.2, 0.25) is 5.91 Å². The molecule has 0 N–H and O–H groups in total. The van der Waals surface area contributed by atoms with Crippen molar-refractivity contribution in [2.24, 2.45) is 5.41 Å². The number of carbonyl (C=O) groups excluding carboxylic acids is 1. The Labute approximate surface area is 101 Å². The van der Waals surface area contributed by atoms with Gasteiger partial charge in [0.1, 0.15) is 6.54 Å². The van der Waals surface area contributed by atoms with Crippen molar-refractivity contribution in [1.82, 2.24) is 14.7 Å². The third kappa shape index (κ3) is 2.64. The molecule has 0 aliphatic carbocycles. The van der Waals surface area contributed by atoms with Crippen molar-refractivity contribution in [1.29, 1.82) is 5.26 Å². The molecule has 1 aliphatic rings. The molecule has 0 aromatic carbocycles. The summed E-state index contributed by atoms with van der Waals surface area (Å²) in [5.74, 6) is 0.0775. The van der Waals surface area contributed by atoms with Crippen molar-refractivity contribution in [3.05, 3.63) is 18.5 Å². The maximum Gasteiger partial charge on any atom is 0.244 e. The Bertz CT molecular complexity index is 424. The first kappa shape index (κ1) is 11.6. The number of piperidine rings is 1. The smallest absolute Gasteiger partial charge is 0.244 e. The average Bonchev–Trinajstić information content (AvgIpc) is 2.83. The molecule has 0 spiro atoms. The number of carbonyl (C=O) groups is 1. The highest BCUT2D eigenvalue weighted by Crippen LogP contribution is 2.29. The van der Waals surface area contributed by atoms with Gasteiger partial charge in [-0.1, -0.05) is 0 Å². The standard InChI is InChI=1S/C12H16N4O/c1-12(10-13)3-7-15(8-4-12)11(17)9-16-6-2-5-14-16/h2,5-6H,3-4,7-9H2,1H3. The van der Waals surface area contributed by atoms with Gasteiger partial charge >= 0.3 is 0 Å². The van der Waals surface area contributed by atoms with Gasteiger partial charge in [-0.25, -0.2) is 0 Å². The predicted octanol–water partition coefficient (Wildman–Crippen LogP) is 1.04. The lowest BCUT2D eigenvalue weighted by atomic mass is 9.82. The van der Waals surface area contributed by atoms with Crippen LogP contribution in [0.1, 0.15) is 19.8 Å². The van der Waals surface area contributed by atoms with Crippen LogP contribution in [0.15, 0.2) is 18.5 Å². The first-order valence-electron chi connectivity index (χ1n) is 5.79. The fourth-order valence-electron chi connectivity index (χ4n) is 1.99. The molecule has 2 heterocycles. The highest BCUT2D eigenvalue weighted by molar-refractivity contribution is 5.76. The van der Waals surface area contributed by atoms with Crippen molar-refractivity contribution >= 4 is 5.91 Å². The van der Waals surface area contributed by atoms with Gasteiger partial charge in [-0.15, -0.1) is 0 Å². The molecule has 1 saturated heterocycles. The summed E-state index contributed by atoms with van der Waals surface area (Å²) in [7, 11) is 0. The van der Waals surface area contributed by atoms with Crippen LogP contribution in [-0.4, -0.2) is 33.7 Å². The number of rotatable bonds is 2. The molecule has 1 amide bonds. The molecule has 0 bridgehead atoms. The first-order valence-corrected chi connectivity index (χ1v) is 5.79. The lowest BCUT2D eigenvalue weighted by molar-refractivity contribution is -0.133. The van der Waals surface area contributed by atoms with Crippen molar-refractivity contribution in [3.63, 3.8) is 0 Å². The minimum Gasteiger partial charge on any atom is -0.341 e. The van der Waals surface area contributed by atoms with E-state index in [-0.39, 0.29) is 17.9 Å². The summed E-state index contributed by atoms with van der Waals surface area (Å²) in [6, 6.07) is 4.13. The maximum atomic E-state index is 11.9. The van der Waals surface area contributed by atoms with Crippen molar-refractivity contribution in [2.75, 3.05) is 13.1 Å². The third-order valence-corrected chi connectivity index (χ3v) is 3.35. The van der Waals surface area contributed by atoms with E-state index in [1.54, 1.807) is 23.1 Å². The number of hydrogen-bond donors (Lipinski definition) is 0. The van der Waals surface area contributed by atoms with E-state index in [2.05, 4.69) is 11.2 Å². The molecular weight excluding hydrogens is 216 g/mol. The van der Waals surface area contributed by atoms with E-state index in [1.807, 2.05) is 11.8 Å². The van der Waals surface area contributed by atoms with Crippen LogP contribution >= 0.6 is 0 Å². The van der Waals surface area contributed by atoms with Crippen LogP contribution in [0.25, 0.3) is 0 Å². The Morgan fingerprint density at radius 1 is 1.53 bits per heavy atom. The number of nitrogens with zero attached hydrogens (tertiary/aromatic N) is 4. The zero-order valence-electron chi connectivity index (χ0n) is 9.96. The third-order valence-electron chi connectivity index (χ3n) is 3.35. The van der Waals surface area contributed by atoms with Gasteiger partial charge in [0, 0.05) is 25.5 Å². The average molecular weight is 232 g/mol. The second-order valence-corrected chi connectivity index (χ2v) is 4.76. The van der Waals surface area contributed by atoms with E-state index in [9.17, 15) is 4.79 Å². The lowest BCUT2D eigenvalue weighted by Crippen LogP contribution is -2.43. The molecule has 2 rings (SSSR count). The van der Waals surface area contributed by atoms with Crippen LogP contribution in [0.4, 0.5) is 0 Å². The topological polar surface area (TPSA) is 61.9 Å². The molecule has 0 radical (unpaired) electrons. The van der Waals surface area contributed by atoms with Crippen LogP contribution in [0.2, 0.25) is 0 Å². The predicted molar refractivity (Wildman–Crippen MR) is 61.8 cm³/mol. The molecule has 1 aliphatic heterocycles. The fourth-order valence-corrected chi connectivity index (χ4v) is 1.99. The highest BCUT2D eigenvalue weighted by atomic mass is 16.2. The Morgan fingerprint density at radius 2 is 2.24 bits per heavy atom. The van der Waals surface area contributed by atoms with Gasteiger partial charge < -0.3 is 4.90 Å². The number of aromatic nitrogens is 2. The van der Waals surface area contributed by atoms with Gasteiger partial charge in [0.05, 0.1) is 11.5 Å². The monoisotopic (exact) mass is 232 g/mol. The SMILES string of the molecule is CC1(C#N)CCN(C(=O)Cn2cccn2)CC1. The summed E-state index contributed by atoms with van der Waals surface area (Å²) in [6.45, 7) is 3.59. The van der Waals surface area contributed by atoms with Crippen LogP contribution < -0.4 is 0 Å². The van der Waals surface area contributed by atoms with Crippen LogP contribution in [0.3, 0.4) is 0 Å². The number of nitriles is 1. The zero-order chi connectivity index (χ0) is 12.3. The van der Waals surface area contributed by atoms with Crippen LogP contribution in [0.5, 0.6) is 0 Å². The van der Waals surface area contributed by atoms with Gasteiger partial charge in [-0.3, -0.25) is 9.48 Å². The normalized spacial score (nSPS) is 18.7. The summed E-state index contributed by atoms with van der Waals surface area (Å²) in [5.41, 5.74) is -0.261. The number of amides is 1. The largest absolute Gasteiger partial charge is 0.341 e. The second kappa shape index (κ2) is 4.58. The van der Waals surface area contributed by atoms with E-state index in [0.717, 1.165) is 12.8 Å². The fraction of sp³-hybridized carbons (Fsp3) is 0.583. The summed E-state index contributed by atoms with van der Waals surface area (Å²) in [4.78, 5) is 13.8. The summed E-state index contributed by atoms with van der Waals surface area (Å²) in [6.07, 6.45) is 4.96. The molecule has 5 heteroatoms. The molecular formula is C12H16N4O. The van der Waals surface area contributed by atoms with Crippen molar-refractivity contribution < 1.29 is 4.79 Å². The number of likely N-dealkylation sites (tertiary alicyclic amines) is 1. The molecule has 1 aromatic heterocycles. The molecule has 0 saturated carbocycles. The molecule has 0 atom stereocenters. The van der Waals surface area contributed by atoms with Gasteiger partial charge in [-0.2, -0.15) is 10.4 Å². The summed E-state index contributed by atoms with van der Waals surface area (Å²) in [5, 5.41) is 13.0. The second-order valence-electron chi connectivity index (χ2n) is 4.76. The Morgan fingerprint density at radius 3 is 2.76 bits per heavy atom. The molecule has 5 nitrogen and oxygen atoms in total. The molecule has 1 aromatic rings. The number of hydrogen-bond acceptors (Lipinski definition) is 3. The Hall–Kier alpha value is -1.83.